The fraction of sp³-hybridized carbons (Fsp3) is 0.727. The Kier molecular flexibility index (Phi) is 3.75. The van der Waals surface area contributed by atoms with Gasteiger partial charge in [-0.1, -0.05) is 0 Å². The fourth-order valence-corrected chi connectivity index (χ4v) is 1.93. The average molecular weight is 209 g/mol. The van der Waals surface area contributed by atoms with E-state index in [1.165, 1.54) is 5.56 Å². The first kappa shape index (κ1) is 10.6. The van der Waals surface area contributed by atoms with Crippen LogP contribution in [0, 0.1) is 5.92 Å². The van der Waals surface area contributed by atoms with Crippen molar-refractivity contribution in [1.82, 2.24) is 9.78 Å². The lowest BCUT2D eigenvalue weighted by molar-refractivity contribution is 0.181. The van der Waals surface area contributed by atoms with Gasteiger partial charge in [0.15, 0.2) is 0 Å². The summed E-state index contributed by atoms with van der Waals surface area (Å²) in [6, 6.07) is 0. The summed E-state index contributed by atoms with van der Waals surface area (Å²) in [5.74, 6) is 0.646. The van der Waals surface area contributed by atoms with Crippen LogP contribution in [0.4, 0.5) is 0 Å². The van der Waals surface area contributed by atoms with Crippen molar-refractivity contribution in [3.8, 4) is 0 Å². The molecule has 2 rings (SSSR count). The highest BCUT2D eigenvalue weighted by Crippen LogP contribution is 2.14. The molecule has 1 saturated heterocycles. The van der Waals surface area contributed by atoms with Gasteiger partial charge in [0.25, 0.3) is 0 Å². The number of rotatable bonds is 5. The van der Waals surface area contributed by atoms with Gasteiger partial charge >= 0.3 is 0 Å². The molecule has 1 aliphatic rings. The van der Waals surface area contributed by atoms with E-state index in [0.29, 0.717) is 5.92 Å². The van der Waals surface area contributed by atoms with Crippen molar-refractivity contribution in [2.45, 2.75) is 25.8 Å². The van der Waals surface area contributed by atoms with Crippen molar-refractivity contribution in [3.05, 3.63) is 18.0 Å². The summed E-state index contributed by atoms with van der Waals surface area (Å²) in [6.45, 7) is 3.54. The first-order valence-electron chi connectivity index (χ1n) is 5.67. The van der Waals surface area contributed by atoms with Crippen LogP contribution in [-0.2, 0) is 17.7 Å². The lowest BCUT2D eigenvalue weighted by Gasteiger charge is -2.06. The molecule has 0 aliphatic carbocycles. The van der Waals surface area contributed by atoms with Gasteiger partial charge in [-0.15, -0.1) is 0 Å². The van der Waals surface area contributed by atoms with Gasteiger partial charge in [-0.3, -0.25) is 4.68 Å². The van der Waals surface area contributed by atoms with Gasteiger partial charge in [-0.05, 0) is 31.4 Å². The van der Waals surface area contributed by atoms with Crippen molar-refractivity contribution >= 4 is 0 Å². The molecule has 0 amide bonds. The van der Waals surface area contributed by atoms with E-state index in [1.54, 1.807) is 0 Å². The lowest BCUT2D eigenvalue weighted by atomic mass is 10.1. The van der Waals surface area contributed by atoms with Gasteiger partial charge in [0.05, 0.1) is 12.8 Å². The molecule has 1 fully saturated rings. The van der Waals surface area contributed by atoms with Gasteiger partial charge in [-0.2, -0.15) is 5.10 Å². The SMILES string of the molecule is NCCCc1cnn(CC2CCOC2)c1. The molecule has 2 N–H and O–H groups in total. The van der Waals surface area contributed by atoms with Gasteiger partial charge in [0.2, 0.25) is 0 Å². The van der Waals surface area contributed by atoms with Crippen LogP contribution in [0.3, 0.4) is 0 Å². The molecule has 2 heterocycles. The third-order valence-corrected chi connectivity index (χ3v) is 2.83. The quantitative estimate of drug-likeness (QED) is 0.780. The Morgan fingerprint density at radius 3 is 3.27 bits per heavy atom. The Bertz CT molecular complexity index is 292. The highest BCUT2D eigenvalue weighted by atomic mass is 16.5. The minimum absolute atomic E-state index is 0.646. The number of hydrogen-bond donors (Lipinski definition) is 1. The summed E-state index contributed by atoms with van der Waals surface area (Å²) in [6.07, 6.45) is 7.33. The maximum Gasteiger partial charge on any atom is 0.0521 e. The number of aryl methyl sites for hydroxylation is 1. The van der Waals surface area contributed by atoms with E-state index in [1.807, 2.05) is 10.9 Å². The minimum atomic E-state index is 0.646. The third-order valence-electron chi connectivity index (χ3n) is 2.83. The molecule has 1 aromatic heterocycles. The largest absolute Gasteiger partial charge is 0.381 e. The molecule has 4 heteroatoms. The molecule has 0 radical (unpaired) electrons. The summed E-state index contributed by atoms with van der Waals surface area (Å²) < 4.78 is 7.38. The zero-order chi connectivity index (χ0) is 10.5. The maximum atomic E-state index is 5.47. The topological polar surface area (TPSA) is 53.1 Å². The second-order valence-electron chi connectivity index (χ2n) is 4.19. The Labute approximate surface area is 90.4 Å². The molecule has 1 unspecified atom stereocenters. The molecule has 0 bridgehead atoms. The van der Waals surface area contributed by atoms with Crippen molar-refractivity contribution < 1.29 is 4.74 Å². The first-order chi connectivity index (χ1) is 7.38. The summed E-state index contributed by atoms with van der Waals surface area (Å²) in [5, 5.41) is 4.35. The second kappa shape index (κ2) is 5.28. The van der Waals surface area contributed by atoms with Crippen LogP contribution < -0.4 is 5.73 Å². The Balaban J connectivity index is 1.83. The second-order valence-corrected chi connectivity index (χ2v) is 4.19. The van der Waals surface area contributed by atoms with Crippen molar-refractivity contribution in [3.63, 3.8) is 0 Å². The molecule has 15 heavy (non-hydrogen) atoms. The molecule has 84 valence electrons. The normalized spacial score (nSPS) is 21.0. The van der Waals surface area contributed by atoms with Gasteiger partial charge in [0, 0.05) is 25.3 Å². The van der Waals surface area contributed by atoms with E-state index in [0.717, 1.165) is 45.6 Å². The van der Waals surface area contributed by atoms with E-state index < -0.39 is 0 Å². The zero-order valence-corrected chi connectivity index (χ0v) is 9.06. The number of nitrogens with zero attached hydrogens (tertiary/aromatic N) is 2. The average Bonchev–Trinajstić information content (AvgIpc) is 2.87. The number of nitrogens with two attached hydrogens (primary N) is 1. The monoisotopic (exact) mass is 209 g/mol. The standard InChI is InChI=1S/C11H19N3O/c12-4-1-2-10-6-13-14(7-10)8-11-3-5-15-9-11/h6-7,11H,1-5,8-9,12H2. The summed E-state index contributed by atoms with van der Waals surface area (Å²) >= 11 is 0. The van der Waals surface area contributed by atoms with Crippen LogP contribution in [0.15, 0.2) is 12.4 Å². The number of ether oxygens (including phenoxy) is 1. The van der Waals surface area contributed by atoms with Gasteiger partial charge in [0.1, 0.15) is 0 Å². The van der Waals surface area contributed by atoms with Crippen molar-refractivity contribution in [2.75, 3.05) is 19.8 Å². The van der Waals surface area contributed by atoms with E-state index in [9.17, 15) is 0 Å². The molecular formula is C11H19N3O. The molecule has 1 atom stereocenters. The summed E-state index contributed by atoms with van der Waals surface area (Å²) in [5.41, 5.74) is 6.76. The van der Waals surface area contributed by atoms with Crippen LogP contribution in [0.1, 0.15) is 18.4 Å². The smallest absolute Gasteiger partial charge is 0.0521 e. The highest BCUT2D eigenvalue weighted by molar-refractivity contribution is 5.03. The summed E-state index contributed by atoms with van der Waals surface area (Å²) in [7, 11) is 0. The van der Waals surface area contributed by atoms with Crippen LogP contribution >= 0.6 is 0 Å². The van der Waals surface area contributed by atoms with Crippen LogP contribution in [-0.4, -0.2) is 29.5 Å². The molecule has 0 aromatic carbocycles. The predicted molar refractivity (Wildman–Crippen MR) is 58.5 cm³/mol. The number of aromatic nitrogens is 2. The molecule has 0 saturated carbocycles. The zero-order valence-electron chi connectivity index (χ0n) is 9.06. The highest BCUT2D eigenvalue weighted by Gasteiger charge is 2.16. The lowest BCUT2D eigenvalue weighted by Crippen LogP contribution is -2.10. The van der Waals surface area contributed by atoms with E-state index >= 15 is 0 Å². The molecule has 4 nitrogen and oxygen atoms in total. The van der Waals surface area contributed by atoms with E-state index in [2.05, 4.69) is 11.3 Å². The first-order valence-corrected chi connectivity index (χ1v) is 5.67. The predicted octanol–water partition coefficient (Wildman–Crippen LogP) is 0.811. The molecule has 1 aromatic rings. The molecule has 0 spiro atoms. The summed E-state index contributed by atoms with van der Waals surface area (Å²) in [4.78, 5) is 0. The van der Waals surface area contributed by atoms with E-state index in [4.69, 9.17) is 10.5 Å². The van der Waals surface area contributed by atoms with E-state index in [-0.39, 0.29) is 0 Å². The van der Waals surface area contributed by atoms with Crippen molar-refractivity contribution in [2.24, 2.45) is 11.7 Å². The Morgan fingerprint density at radius 1 is 1.60 bits per heavy atom. The van der Waals surface area contributed by atoms with Gasteiger partial charge in [-0.25, -0.2) is 0 Å². The molecule has 1 aliphatic heterocycles. The molecular weight excluding hydrogens is 190 g/mol. The van der Waals surface area contributed by atoms with Crippen LogP contribution in [0.2, 0.25) is 0 Å². The van der Waals surface area contributed by atoms with Gasteiger partial charge < -0.3 is 10.5 Å². The Hall–Kier alpha value is -0.870. The Morgan fingerprint density at radius 2 is 2.53 bits per heavy atom. The minimum Gasteiger partial charge on any atom is -0.381 e. The number of hydrogen-bond acceptors (Lipinski definition) is 3. The third kappa shape index (κ3) is 3.04. The fourth-order valence-electron chi connectivity index (χ4n) is 1.93. The van der Waals surface area contributed by atoms with Crippen molar-refractivity contribution in [1.29, 1.82) is 0 Å². The van der Waals surface area contributed by atoms with Crippen LogP contribution in [0.25, 0.3) is 0 Å². The maximum absolute atomic E-state index is 5.47. The van der Waals surface area contributed by atoms with Crippen LogP contribution in [0.5, 0.6) is 0 Å².